The van der Waals surface area contributed by atoms with Crippen LogP contribution in [0.25, 0.3) is 0 Å². The summed E-state index contributed by atoms with van der Waals surface area (Å²) in [6, 6.07) is 0.100. The number of carbonyl (C=O) groups excluding carboxylic acids is 1. The van der Waals surface area contributed by atoms with E-state index in [0.717, 1.165) is 39.3 Å². The first kappa shape index (κ1) is 20.0. The van der Waals surface area contributed by atoms with Crippen LogP contribution in [-0.2, 0) is 4.79 Å². The first-order valence-corrected chi connectivity index (χ1v) is 7.43. The number of likely N-dealkylation sites (tertiary alicyclic amines) is 1. The number of nitrogens with one attached hydrogen (secondary N) is 1. The molecule has 4 nitrogen and oxygen atoms in total. The summed E-state index contributed by atoms with van der Waals surface area (Å²) >= 11 is 0. The Bertz CT molecular complexity index is 278. The highest BCUT2D eigenvalue weighted by molar-refractivity contribution is 5.85. The fraction of sp³-hybridized carbons (Fsp3) is 0.929. The summed E-state index contributed by atoms with van der Waals surface area (Å²) in [4.78, 5) is 17.2. The number of amides is 1. The van der Waals surface area contributed by atoms with Gasteiger partial charge in [0.1, 0.15) is 0 Å². The molecule has 2 aliphatic rings. The predicted octanol–water partition coefficient (Wildman–Crippen LogP) is 1.77. The van der Waals surface area contributed by atoms with E-state index in [9.17, 15) is 4.79 Å². The van der Waals surface area contributed by atoms with Gasteiger partial charge in [-0.15, -0.1) is 24.8 Å². The van der Waals surface area contributed by atoms with Gasteiger partial charge in [0.2, 0.25) is 5.91 Å². The van der Waals surface area contributed by atoms with Crippen LogP contribution in [0.2, 0.25) is 0 Å². The molecule has 120 valence electrons. The fourth-order valence-electron chi connectivity index (χ4n) is 3.13. The van der Waals surface area contributed by atoms with Crippen LogP contribution < -0.4 is 5.32 Å². The Morgan fingerprint density at radius 1 is 0.950 bits per heavy atom. The highest BCUT2D eigenvalue weighted by atomic mass is 35.5. The molecule has 20 heavy (non-hydrogen) atoms. The maximum absolute atomic E-state index is 12.7. The lowest BCUT2D eigenvalue weighted by Crippen LogP contribution is -2.56. The molecule has 1 N–H and O–H groups in total. The summed E-state index contributed by atoms with van der Waals surface area (Å²) in [7, 11) is 0. The number of halogens is 2. The molecule has 0 bridgehead atoms. The fourth-order valence-corrected chi connectivity index (χ4v) is 3.13. The van der Waals surface area contributed by atoms with Gasteiger partial charge in [0, 0.05) is 26.2 Å². The second-order valence-corrected chi connectivity index (χ2v) is 5.86. The molecule has 2 heterocycles. The molecule has 2 fully saturated rings. The summed E-state index contributed by atoms with van der Waals surface area (Å²) in [6.07, 6.45) is 3.82. The Labute approximate surface area is 135 Å². The van der Waals surface area contributed by atoms with Gasteiger partial charge in [0.25, 0.3) is 0 Å². The van der Waals surface area contributed by atoms with Crippen LogP contribution in [-0.4, -0.2) is 61.0 Å². The van der Waals surface area contributed by atoms with Crippen LogP contribution >= 0.6 is 24.8 Å². The lowest BCUT2D eigenvalue weighted by Gasteiger charge is -2.39. The molecule has 0 spiro atoms. The van der Waals surface area contributed by atoms with Gasteiger partial charge in [-0.2, -0.15) is 0 Å². The van der Waals surface area contributed by atoms with E-state index in [1.165, 1.54) is 19.3 Å². The molecule has 2 rings (SSSR count). The molecule has 2 saturated heterocycles. The van der Waals surface area contributed by atoms with Crippen LogP contribution in [0, 0.1) is 5.92 Å². The molecule has 0 aromatic heterocycles. The summed E-state index contributed by atoms with van der Waals surface area (Å²) in [5.41, 5.74) is 0. The van der Waals surface area contributed by atoms with Crippen LogP contribution in [0.3, 0.4) is 0 Å². The normalized spacial score (nSPS) is 21.9. The lowest BCUT2D eigenvalue weighted by atomic mass is 9.97. The third-order valence-corrected chi connectivity index (χ3v) is 4.10. The number of piperidine rings is 1. The molecule has 1 amide bonds. The Morgan fingerprint density at radius 2 is 1.50 bits per heavy atom. The Hall–Kier alpha value is -0.0300. The zero-order chi connectivity index (χ0) is 13.0. The van der Waals surface area contributed by atoms with Gasteiger partial charge in [-0.05, 0) is 31.8 Å². The first-order chi connectivity index (χ1) is 8.70. The van der Waals surface area contributed by atoms with Crippen molar-refractivity contribution in [2.45, 2.75) is 39.2 Å². The molecule has 1 unspecified atom stereocenters. The Kier molecular flexibility index (Phi) is 9.81. The van der Waals surface area contributed by atoms with Crippen molar-refractivity contribution >= 4 is 30.7 Å². The van der Waals surface area contributed by atoms with Crippen LogP contribution in [0.5, 0.6) is 0 Å². The average molecular weight is 326 g/mol. The van der Waals surface area contributed by atoms with Crippen molar-refractivity contribution < 1.29 is 4.79 Å². The maximum Gasteiger partial charge on any atom is 0.240 e. The molecule has 0 radical (unpaired) electrons. The number of nitrogens with zero attached hydrogens (tertiary/aromatic N) is 2. The van der Waals surface area contributed by atoms with Crippen LogP contribution in [0.1, 0.15) is 33.1 Å². The third-order valence-electron chi connectivity index (χ3n) is 4.10. The molecule has 6 heteroatoms. The quantitative estimate of drug-likeness (QED) is 0.859. The Morgan fingerprint density at radius 3 is 2.00 bits per heavy atom. The van der Waals surface area contributed by atoms with E-state index in [1.54, 1.807) is 0 Å². The van der Waals surface area contributed by atoms with Crippen molar-refractivity contribution in [3.8, 4) is 0 Å². The second kappa shape index (κ2) is 9.82. The van der Waals surface area contributed by atoms with Crippen molar-refractivity contribution in [2.75, 3.05) is 39.3 Å². The second-order valence-electron chi connectivity index (χ2n) is 5.86. The summed E-state index contributed by atoms with van der Waals surface area (Å²) in [6.45, 7) is 10.2. The largest absolute Gasteiger partial charge is 0.339 e. The molecule has 0 saturated carbocycles. The standard InChI is InChI=1S/C14H27N3O.2ClH/c1-12(2)13(16-8-4-3-5-9-16)14(18)17-10-6-15-7-11-17;;/h12-13,15H,3-11H2,1-2H3;2*1H. The van der Waals surface area contributed by atoms with Gasteiger partial charge in [0.15, 0.2) is 0 Å². The molecular formula is C14H29Cl2N3O. The van der Waals surface area contributed by atoms with Gasteiger partial charge >= 0.3 is 0 Å². The minimum absolute atomic E-state index is 0. The predicted molar refractivity (Wildman–Crippen MR) is 88.0 cm³/mol. The minimum atomic E-state index is 0. The van der Waals surface area contributed by atoms with Gasteiger partial charge < -0.3 is 10.2 Å². The van der Waals surface area contributed by atoms with E-state index < -0.39 is 0 Å². The van der Waals surface area contributed by atoms with Crippen molar-refractivity contribution in [3.05, 3.63) is 0 Å². The minimum Gasteiger partial charge on any atom is -0.339 e. The van der Waals surface area contributed by atoms with Gasteiger partial charge in [-0.25, -0.2) is 0 Å². The molecule has 0 aromatic carbocycles. The van der Waals surface area contributed by atoms with Gasteiger partial charge in [-0.3, -0.25) is 9.69 Å². The molecule has 0 aliphatic carbocycles. The summed E-state index contributed by atoms with van der Waals surface area (Å²) < 4.78 is 0. The van der Waals surface area contributed by atoms with Crippen LogP contribution in [0.15, 0.2) is 0 Å². The number of piperazine rings is 1. The highest BCUT2D eigenvalue weighted by Crippen LogP contribution is 2.19. The maximum atomic E-state index is 12.7. The van der Waals surface area contributed by atoms with E-state index in [-0.39, 0.29) is 30.9 Å². The monoisotopic (exact) mass is 325 g/mol. The number of rotatable bonds is 3. The zero-order valence-corrected chi connectivity index (χ0v) is 14.3. The summed E-state index contributed by atoms with van der Waals surface area (Å²) in [5.74, 6) is 0.763. The van der Waals surface area contributed by atoms with Crippen molar-refractivity contribution in [2.24, 2.45) is 5.92 Å². The Balaban J connectivity index is 0.00000180. The first-order valence-electron chi connectivity index (χ1n) is 7.43. The lowest BCUT2D eigenvalue weighted by molar-refractivity contribution is -0.139. The molecule has 0 aromatic rings. The van der Waals surface area contributed by atoms with Gasteiger partial charge in [0.05, 0.1) is 6.04 Å². The van der Waals surface area contributed by atoms with E-state index in [1.807, 2.05) is 0 Å². The van der Waals surface area contributed by atoms with E-state index >= 15 is 0 Å². The molecule has 1 atom stereocenters. The van der Waals surface area contributed by atoms with E-state index in [0.29, 0.717) is 11.8 Å². The molecule has 2 aliphatic heterocycles. The number of hydrogen-bond donors (Lipinski definition) is 1. The van der Waals surface area contributed by atoms with Gasteiger partial charge in [-0.1, -0.05) is 20.3 Å². The third kappa shape index (κ3) is 5.06. The topological polar surface area (TPSA) is 35.6 Å². The highest BCUT2D eigenvalue weighted by Gasteiger charge is 2.33. The van der Waals surface area contributed by atoms with Crippen LogP contribution in [0.4, 0.5) is 0 Å². The van der Waals surface area contributed by atoms with Crippen molar-refractivity contribution in [3.63, 3.8) is 0 Å². The SMILES string of the molecule is CC(C)C(C(=O)N1CCNCC1)N1CCCCC1.Cl.Cl. The molecular weight excluding hydrogens is 297 g/mol. The number of hydrogen-bond acceptors (Lipinski definition) is 3. The average Bonchev–Trinajstić information content (AvgIpc) is 2.40. The zero-order valence-electron chi connectivity index (χ0n) is 12.6. The summed E-state index contributed by atoms with van der Waals surface area (Å²) in [5, 5.41) is 3.31. The number of carbonyl (C=O) groups is 1. The van der Waals surface area contributed by atoms with Crippen molar-refractivity contribution in [1.29, 1.82) is 0 Å². The van der Waals surface area contributed by atoms with Crippen molar-refractivity contribution in [1.82, 2.24) is 15.1 Å². The van der Waals surface area contributed by atoms with E-state index in [2.05, 4.69) is 29.0 Å². The van der Waals surface area contributed by atoms with E-state index in [4.69, 9.17) is 0 Å². The smallest absolute Gasteiger partial charge is 0.240 e.